The molecule has 0 bridgehead atoms. The Hall–Kier alpha value is -1.79. The number of benzene rings is 1. The molecule has 3 fully saturated rings. The Balaban J connectivity index is 1.47. The van der Waals surface area contributed by atoms with Gasteiger partial charge in [0.15, 0.2) is 5.96 Å². The molecule has 3 heterocycles. The van der Waals surface area contributed by atoms with Crippen LogP contribution in [0.1, 0.15) is 43.7 Å². The second-order valence-corrected chi connectivity index (χ2v) is 8.76. The molecular weight excluding hydrogens is 364 g/mol. The number of para-hydroxylation sites is 1. The highest BCUT2D eigenvalue weighted by Crippen LogP contribution is 2.38. The number of nitrogens with zero attached hydrogens (tertiary/aromatic N) is 3. The van der Waals surface area contributed by atoms with Gasteiger partial charge in [0.1, 0.15) is 5.75 Å². The van der Waals surface area contributed by atoms with E-state index in [1.54, 1.807) is 7.11 Å². The maximum absolute atomic E-state index is 5.70. The summed E-state index contributed by atoms with van der Waals surface area (Å²) in [6.07, 6.45) is 6.26. The molecule has 29 heavy (non-hydrogen) atoms. The first-order chi connectivity index (χ1) is 14.2. The van der Waals surface area contributed by atoms with Crippen molar-refractivity contribution < 1.29 is 9.47 Å². The number of piperidine rings is 1. The molecule has 0 amide bonds. The quantitative estimate of drug-likeness (QED) is 0.608. The Bertz CT molecular complexity index is 696. The van der Waals surface area contributed by atoms with E-state index in [0.717, 1.165) is 57.6 Å². The number of methoxy groups -OCH3 is 1. The molecule has 0 aromatic heterocycles. The van der Waals surface area contributed by atoms with Gasteiger partial charge in [-0.05, 0) is 44.8 Å². The first kappa shape index (κ1) is 20.5. The lowest BCUT2D eigenvalue weighted by atomic mass is 9.87. The minimum Gasteiger partial charge on any atom is -0.496 e. The first-order valence-corrected chi connectivity index (χ1v) is 11.1. The molecule has 1 aromatic rings. The largest absolute Gasteiger partial charge is 0.496 e. The first-order valence-electron chi connectivity index (χ1n) is 11.1. The normalized spacial score (nSPS) is 26.8. The monoisotopic (exact) mass is 400 g/mol. The third-order valence-electron chi connectivity index (χ3n) is 6.92. The van der Waals surface area contributed by atoms with Crippen molar-refractivity contribution >= 4 is 5.96 Å². The number of likely N-dealkylation sites (tertiary alicyclic amines) is 2. The summed E-state index contributed by atoms with van der Waals surface area (Å²) in [4.78, 5) is 9.65. The minimum absolute atomic E-state index is 0.287. The molecule has 1 N–H and O–H groups in total. The smallest absolute Gasteiger partial charge is 0.193 e. The predicted molar refractivity (Wildman–Crippen MR) is 117 cm³/mol. The van der Waals surface area contributed by atoms with E-state index in [1.165, 1.54) is 37.7 Å². The van der Waals surface area contributed by atoms with Crippen LogP contribution in [-0.4, -0.2) is 75.9 Å². The van der Waals surface area contributed by atoms with Crippen molar-refractivity contribution in [2.75, 3.05) is 60.1 Å². The van der Waals surface area contributed by atoms with E-state index < -0.39 is 0 Å². The van der Waals surface area contributed by atoms with Gasteiger partial charge in [0.25, 0.3) is 0 Å². The third-order valence-corrected chi connectivity index (χ3v) is 6.92. The minimum atomic E-state index is 0.287. The Kier molecular flexibility index (Phi) is 6.60. The fraction of sp³-hybridized carbons (Fsp3) is 0.696. The summed E-state index contributed by atoms with van der Waals surface area (Å²) in [5, 5.41) is 3.70. The number of nitrogens with one attached hydrogen (secondary N) is 1. The Labute approximate surface area is 175 Å². The number of hydrogen-bond acceptors (Lipinski definition) is 4. The van der Waals surface area contributed by atoms with Gasteiger partial charge in [-0.15, -0.1) is 0 Å². The highest BCUT2D eigenvalue weighted by Gasteiger charge is 2.42. The number of ether oxygens (including phenoxy) is 2. The van der Waals surface area contributed by atoms with Crippen LogP contribution in [0.2, 0.25) is 0 Å². The van der Waals surface area contributed by atoms with Crippen molar-refractivity contribution in [3.63, 3.8) is 0 Å². The number of hydrogen-bond donors (Lipinski definition) is 1. The van der Waals surface area contributed by atoms with Gasteiger partial charge in [-0.1, -0.05) is 24.6 Å². The van der Waals surface area contributed by atoms with E-state index in [0.29, 0.717) is 5.41 Å². The van der Waals surface area contributed by atoms with Crippen molar-refractivity contribution in [1.29, 1.82) is 0 Å². The van der Waals surface area contributed by atoms with Crippen molar-refractivity contribution in [2.24, 2.45) is 10.4 Å². The molecule has 1 aromatic carbocycles. The maximum atomic E-state index is 5.70. The summed E-state index contributed by atoms with van der Waals surface area (Å²) in [6, 6.07) is 8.74. The molecule has 4 rings (SSSR count). The summed E-state index contributed by atoms with van der Waals surface area (Å²) >= 11 is 0. The Morgan fingerprint density at radius 2 is 2.03 bits per heavy atom. The second kappa shape index (κ2) is 9.35. The molecule has 2 atom stereocenters. The van der Waals surface area contributed by atoms with Gasteiger partial charge in [0.05, 0.1) is 19.8 Å². The molecule has 2 unspecified atom stereocenters. The van der Waals surface area contributed by atoms with Crippen molar-refractivity contribution in [3.8, 4) is 5.75 Å². The van der Waals surface area contributed by atoms with E-state index in [2.05, 4.69) is 44.4 Å². The van der Waals surface area contributed by atoms with Gasteiger partial charge in [-0.25, -0.2) is 0 Å². The molecular formula is C23H36N4O2. The van der Waals surface area contributed by atoms with Crippen LogP contribution in [0.4, 0.5) is 0 Å². The zero-order chi connectivity index (χ0) is 20.1. The van der Waals surface area contributed by atoms with E-state index in [-0.39, 0.29) is 6.04 Å². The van der Waals surface area contributed by atoms with Crippen LogP contribution >= 0.6 is 0 Å². The van der Waals surface area contributed by atoms with Crippen molar-refractivity contribution in [1.82, 2.24) is 15.1 Å². The summed E-state index contributed by atoms with van der Waals surface area (Å²) < 4.78 is 11.4. The highest BCUT2D eigenvalue weighted by atomic mass is 16.5. The summed E-state index contributed by atoms with van der Waals surface area (Å²) in [6.45, 7) is 7.05. The highest BCUT2D eigenvalue weighted by molar-refractivity contribution is 5.80. The lowest BCUT2D eigenvalue weighted by Gasteiger charge is -2.36. The van der Waals surface area contributed by atoms with Crippen LogP contribution < -0.4 is 10.1 Å². The molecule has 6 heteroatoms. The topological polar surface area (TPSA) is 49.3 Å². The molecule has 6 nitrogen and oxygen atoms in total. The Morgan fingerprint density at radius 1 is 1.21 bits per heavy atom. The fourth-order valence-corrected chi connectivity index (χ4v) is 5.22. The zero-order valence-corrected chi connectivity index (χ0v) is 18.0. The summed E-state index contributed by atoms with van der Waals surface area (Å²) in [5.74, 6) is 1.99. The van der Waals surface area contributed by atoms with E-state index in [4.69, 9.17) is 9.47 Å². The second-order valence-electron chi connectivity index (χ2n) is 8.76. The molecule has 3 aliphatic heterocycles. The van der Waals surface area contributed by atoms with Crippen LogP contribution in [0.15, 0.2) is 29.3 Å². The van der Waals surface area contributed by atoms with Gasteiger partial charge in [-0.3, -0.25) is 9.89 Å². The van der Waals surface area contributed by atoms with Crippen LogP contribution in [0.25, 0.3) is 0 Å². The van der Waals surface area contributed by atoms with E-state index in [1.807, 2.05) is 7.05 Å². The van der Waals surface area contributed by atoms with Crippen LogP contribution in [0, 0.1) is 5.41 Å². The summed E-state index contributed by atoms with van der Waals surface area (Å²) in [5.41, 5.74) is 1.61. The lowest BCUT2D eigenvalue weighted by Crippen LogP contribution is -2.46. The lowest BCUT2D eigenvalue weighted by molar-refractivity contribution is 0.155. The predicted octanol–water partition coefficient (Wildman–Crippen LogP) is 2.91. The molecule has 1 spiro atoms. The molecule has 0 radical (unpaired) electrons. The summed E-state index contributed by atoms with van der Waals surface area (Å²) in [7, 11) is 3.67. The van der Waals surface area contributed by atoms with E-state index in [9.17, 15) is 0 Å². The molecule has 0 saturated carbocycles. The average molecular weight is 401 g/mol. The van der Waals surface area contributed by atoms with Crippen LogP contribution in [-0.2, 0) is 4.74 Å². The van der Waals surface area contributed by atoms with Crippen LogP contribution in [0.5, 0.6) is 5.75 Å². The third kappa shape index (κ3) is 4.53. The fourth-order valence-electron chi connectivity index (χ4n) is 5.22. The van der Waals surface area contributed by atoms with Crippen LogP contribution in [0.3, 0.4) is 0 Å². The molecule has 0 aliphatic carbocycles. The van der Waals surface area contributed by atoms with Crippen molar-refractivity contribution in [2.45, 2.75) is 38.1 Å². The van der Waals surface area contributed by atoms with Gasteiger partial charge in [0.2, 0.25) is 0 Å². The average Bonchev–Trinajstić information content (AvgIpc) is 3.42. The van der Waals surface area contributed by atoms with Gasteiger partial charge >= 0.3 is 0 Å². The van der Waals surface area contributed by atoms with Gasteiger partial charge in [0, 0.05) is 44.3 Å². The van der Waals surface area contributed by atoms with E-state index >= 15 is 0 Å². The standard InChI is InChI=1S/C23H36N4O2/c1-24-22(27-14-10-23(17-27)11-15-29-18-23)25-16-20(26-12-6-3-7-13-26)19-8-4-5-9-21(19)28-2/h4-5,8-9,20H,3,6-7,10-18H2,1-2H3,(H,24,25). The van der Waals surface area contributed by atoms with Crippen molar-refractivity contribution in [3.05, 3.63) is 29.8 Å². The SMILES string of the molecule is CN=C(NCC(c1ccccc1OC)N1CCCCC1)N1CCC2(CCOC2)C1. The van der Waals surface area contributed by atoms with Gasteiger partial charge < -0.3 is 19.7 Å². The maximum Gasteiger partial charge on any atom is 0.193 e. The zero-order valence-electron chi connectivity index (χ0n) is 18.0. The molecule has 3 aliphatic rings. The number of aliphatic imine (C=N–C) groups is 1. The molecule has 3 saturated heterocycles. The number of guanidine groups is 1. The molecule has 160 valence electrons. The van der Waals surface area contributed by atoms with Gasteiger partial charge in [-0.2, -0.15) is 0 Å². The number of rotatable bonds is 5. The Morgan fingerprint density at radius 3 is 2.76 bits per heavy atom.